The van der Waals surface area contributed by atoms with Crippen LogP contribution in [-0.4, -0.2) is 23.5 Å². The van der Waals surface area contributed by atoms with Crippen LogP contribution < -0.4 is 10.2 Å². The molecule has 0 spiro atoms. The minimum atomic E-state index is -0.0212. The van der Waals surface area contributed by atoms with Gasteiger partial charge >= 0.3 is 0 Å². The molecule has 1 aliphatic heterocycles. The summed E-state index contributed by atoms with van der Waals surface area (Å²) in [5.74, 6) is -0.0212. The van der Waals surface area contributed by atoms with E-state index in [0.717, 1.165) is 22.3 Å². The third-order valence-corrected chi connectivity index (χ3v) is 4.01. The molecule has 2 heterocycles. The molecule has 1 atom stereocenters. The Bertz CT molecular complexity index is 674. The Morgan fingerprint density at radius 3 is 3.00 bits per heavy atom. The van der Waals surface area contributed by atoms with E-state index < -0.39 is 0 Å². The monoisotopic (exact) mass is 345 g/mol. The number of benzene rings is 1. The van der Waals surface area contributed by atoms with E-state index in [-0.39, 0.29) is 5.91 Å². The van der Waals surface area contributed by atoms with E-state index in [1.165, 1.54) is 0 Å². The van der Waals surface area contributed by atoms with E-state index in [4.69, 9.17) is 0 Å². The second kappa shape index (κ2) is 5.85. The molecule has 5 heteroatoms. The first-order valence-corrected chi connectivity index (χ1v) is 7.72. The van der Waals surface area contributed by atoms with E-state index in [1.54, 1.807) is 18.5 Å². The highest BCUT2D eigenvalue weighted by Crippen LogP contribution is 2.31. The minimum Gasteiger partial charge on any atom is -0.381 e. The Labute approximate surface area is 132 Å². The third kappa shape index (κ3) is 2.93. The van der Waals surface area contributed by atoms with Crippen LogP contribution in [0.1, 0.15) is 23.7 Å². The summed E-state index contributed by atoms with van der Waals surface area (Å²) in [6, 6.07) is 10.1. The first kappa shape index (κ1) is 14.1. The lowest BCUT2D eigenvalue weighted by Crippen LogP contribution is -2.32. The summed E-state index contributed by atoms with van der Waals surface area (Å²) in [5.41, 5.74) is 2.51. The van der Waals surface area contributed by atoms with Gasteiger partial charge < -0.3 is 10.2 Å². The fourth-order valence-corrected chi connectivity index (χ4v) is 2.87. The molecule has 2 aromatic rings. The Hall–Kier alpha value is -1.88. The molecule has 0 unspecified atom stereocenters. The highest BCUT2D eigenvalue weighted by Gasteiger charge is 2.24. The predicted molar refractivity (Wildman–Crippen MR) is 87.8 cm³/mol. The van der Waals surface area contributed by atoms with Crippen molar-refractivity contribution in [3.63, 3.8) is 0 Å². The second-order valence-corrected chi connectivity index (χ2v) is 6.12. The summed E-state index contributed by atoms with van der Waals surface area (Å²) < 4.78 is 0.808. The zero-order valence-corrected chi connectivity index (χ0v) is 13.3. The summed E-state index contributed by atoms with van der Waals surface area (Å²) in [6.07, 6.45) is 4.19. The van der Waals surface area contributed by atoms with Gasteiger partial charge in [0, 0.05) is 29.5 Å². The number of hydrogen-bond acceptors (Lipinski definition) is 3. The number of halogens is 1. The molecule has 1 aliphatic rings. The van der Waals surface area contributed by atoms with E-state index in [2.05, 4.69) is 33.2 Å². The van der Waals surface area contributed by atoms with Crippen molar-refractivity contribution < 1.29 is 4.79 Å². The molecule has 1 amide bonds. The van der Waals surface area contributed by atoms with Crippen LogP contribution in [0.15, 0.2) is 47.2 Å². The molecule has 0 bridgehead atoms. The average molecular weight is 346 g/mol. The van der Waals surface area contributed by atoms with Gasteiger partial charge in [0.2, 0.25) is 0 Å². The average Bonchev–Trinajstić information content (AvgIpc) is 2.65. The normalized spacial score (nSPS) is 17.6. The van der Waals surface area contributed by atoms with E-state index in [1.807, 2.05) is 29.2 Å². The second-order valence-electron chi connectivity index (χ2n) is 5.20. The number of pyridine rings is 1. The molecule has 1 aromatic heterocycles. The number of anilines is 2. The summed E-state index contributed by atoms with van der Waals surface area (Å²) in [4.78, 5) is 18.7. The van der Waals surface area contributed by atoms with Gasteiger partial charge in [0.05, 0.1) is 16.9 Å². The topological polar surface area (TPSA) is 45.2 Å². The molecule has 0 aliphatic carbocycles. The van der Waals surface area contributed by atoms with Gasteiger partial charge in [-0.1, -0.05) is 12.1 Å². The third-order valence-electron chi connectivity index (χ3n) is 3.58. The standard InChI is InChI=1S/C16H16BrN3O/c1-11-6-7-20(15-5-3-2-4-14(15)19-11)16(21)12-8-13(17)10-18-9-12/h2-5,8-11,19H,6-7H2,1H3/t11-/m1/s1. The predicted octanol–water partition coefficient (Wildman–Crippen LogP) is 3.70. The summed E-state index contributed by atoms with van der Waals surface area (Å²) in [5, 5.41) is 3.45. The van der Waals surface area contributed by atoms with Crippen molar-refractivity contribution in [3.8, 4) is 0 Å². The lowest BCUT2D eigenvalue weighted by atomic mass is 10.2. The van der Waals surface area contributed by atoms with Gasteiger partial charge in [-0.3, -0.25) is 9.78 Å². The van der Waals surface area contributed by atoms with Gasteiger partial charge in [-0.25, -0.2) is 0 Å². The fourth-order valence-electron chi connectivity index (χ4n) is 2.51. The Kier molecular flexibility index (Phi) is 3.92. The summed E-state index contributed by atoms with van der Waals surface area (Å²) in [7, 11) is 0. The van der Waals surface area contributed by atoms with Crippen LogP contribution in [0, 0.1) is 0 Å². The lowest BCUT2D eigenvalue weighted by molar-refractivity contribution is 0.0986. The van der Waals surface area contributed by atoms with Crippen molar-refractivity contribution >= 4 is 33.2 Å². The van der Waals surface area contributed by atoms with Gasteiger partial charge in [-0.15, -0.1) is 0 Å². The maximum Gasteiger partial charge on any atom is 0.259 e. The number of nitrogens with zero attached hydrogens (tertiary/aromatic N) is 2. The first-order valence-electron chi connectivity index (χ1n) is 6.93. The van der Waals surface area contributed by atoms with Gasteiger partial charge in [-0.2, -0.15) is 0 Å². The largest absolute Gasteiger partial charge is 0.381 e. The molecular weight excluding hydrogens is 330 g/mol. The quantitative estimate of drug-likeness (QED) is 0.857. The number of rotatable bonds is 1. The molecule has 4 nitrogen and oxygen atoms in total. The highest BCUT2D eigenvalue weighted by molar-refractivity contribution is 9.10. The summed E-state index contributed by atoms with van der Waals surface area (Å²) >= 11 is 3.37. The maximum absolute atomic E-state index is 12.8. The molecule has 1 aromatic carbocycles. The Morgan fingerprint density at radius 1 is 1.38 bits per heavy atom. The van der Waals surface area contributed by atoms with Crippen LogP contribution in [-0.2, 0) is 0 Å². The number of nitrogens with one attached hydrogen (secondary N) is 1. The molecule has 0 radical (unpaired) electrons. The van der Waals surface area contributed by atoms with Crippen LogP contribution >= 0.6 is 15.9 Å². The zero-order valence-electron chi connectivity index (χ0n) is 11.7. The number of para-hydroxylation sites is 2. The van der Waals surface area contributed by atoms with E-state index in [0.29, 0.717) is 18.2 Å². The van der Waals surface area contributed by atoms with Crippen molar-refractivity contribution in [1.29, 1.82) is 0 Å². The zero-order chi connectivity index (χ0) is 14.8. The van der Waals surface area contributed by atoms with Crippen LogP contribution in [0.4, 0.5) is 11.4 Å². The number of aromatic nitrogens is 1. The van der Waals surface area contributed by atoms with E-state index in [9.17, 15) is 4.79 Å². The number of carbonyl (C=O) groups excluding carboxylic acids is 1. The first-order chi connectivity index (χ1) is 10.1. The van der Waals surface area contributed by atoms with E-state index >= 15 is 0 Å². The smallest absolute Gasteiger partial charge is 0.259 e. The number of hydrogen-bond donors (Lipinski definition) is 1. The number of carbonyl (C=O) groups is 1. The summed E-state index contributed by atoms with van der Waals surface area (Å²) in [6.45, 7) is 2.82. The molecule has 21 heavy (non-hydrogen) atoms. The highest BCUT2D eigenvalue weighted by atomic mass is 79.9. The van der Waals surface area contributed by atoms with Crippen LogP contribution in [0.2, 0.25) is 0 Å². The van der Waals surface area contributed by atoms with Gasteiger partial charge in [0.15, 0.2) is 0 Å². The number of fused-ring (bicyclic) bond motifs is 1. The van der Waals surface area contributed by atoms with Crippen molar-refractivity contribution in [1.82, 2.24) is 4.98 Å². The van der Waals surface area contributed by atoms with Crippen molar-refractivity contribution in [2.24, 2.45) is 0 Å². The molecule has 0 fully saturated rings. The van der Waals surface area contributed by atoms with Gasteiger partial charge in [0.25, 0.3) is 5.91 Å². The number of amides is 1. The van der Waals surface area contributed by atoms with Crippen LogP contribution in [0.25, 0.3) is 0 Å². The maximum atomic E-state index is 12.8. The van der Waals surface area contributed by atoms with Crippen molar-refractivity contribution in [2.45, 2.75) is 19.4 Å². The molecule has 0 saturated heterocycles. The Balaban J connectivity index is 2.00. The van der Waals surface area contributed by atoms with Gasteiger partial charge in [0.1, 0.15) is 0 Å². The molecule has 3 rings (SSSR count). The van der Waals surface area contributed by atoms with Crippen LogP contribution in [0.5, 0.6) is 0 Å². The SMILES string of the molecule is C[C@@H]1CCN(C(=O)c2cncc(Br)c2)c2ccccc2N1. The molecular formula is C16H16BrN3O. The Morgan fingerprint density at radius 2 is 2.19 bits per heavy atom. The van der Waals surface area contributed by atoms with Crippen molar-refractivity contribution in [3.05, 3.63) is 52.8 Å². The molecule has 0 saturated carbocycles. The lowest BCUT2D eigenvalue weighted by Gasteiger charge is -2.22. The van der Waals surface area contributed by atoms with Crippen molar-refractivity contribution in [2.75, 3.05) is 16.8 Å². The van der Waals surface area contributed by atoms with Gasteiger partial charge in [-0.05, 0) is 47.5 Å². The molecule has 1 N–H and O–H groups in total. The van der Waals surface area contributed by atoms with Crippen LogP contribution in [0.3, 0.4) is 0 Å². The minimum absolute atomic E-state index is 0.0212. The fraction of sp³-hybridized carbons (Fsp3) is 0.250. The molecule has 108 valence electrons.